The number of nitrogens with zero attached hydrogens (tertiary/aromatic N) is 2. The highest BCUT2D eigenvalue weighted by atomic mass is 16.4. The molecule has 1 fully saturated rings. The summed E-state index contributed by atoms with van der Waals surface area (Å²) >= 11 is 0. The van der Waals surface area contributed by atoms with E-state index >= 15 is 0 Å². The molecule has 1 N–H and O–H groups in total. The quantitative estimate of drug-likeness (QED) is 0.805. The molecule has 0 bridgehead atoms. The van der Waals surface area contributed by atoms with Gasteiger partial charge >= 0.3 is 5.97 Å². The van der Waals surface area contributed by atoms with E-state index in [0.717, 1.165) is 37.7 Å². The molecule has 0 unspecified atom stereocenters. The summed E-state index contributed by atoms with van der Waals surface area (Å²) in [5.74, 6) is -0.0488. The molecule has 1 aliphatic rings. The van der Waals surface area contributed by atoms with E-state index in [0.29, 0.717) is 0 Å². The van der Waals surface area contributed by atoms with Gasteiger partial charge in [0.05, 0.1) is 11.3 Å². The van der Waals surface area contributed by atoms with Crippen molar-refractivity contribution in [2.75, 3.05) is 13.1 Å². The van der Waals surface area contributed by atoms with E-state index in [4.69, 9.17) is 5.11 Å². The average molecular weight is 248 g/mol. The summed E-state index contributed by atoms with van der Waals surface area (Å²) in [6, 6.07) is 3.45. The second-order valence-corrected chi connectivity index (χ2v) is 5.02. The van der Waals surface area contributed by atoms with Crippen molar-refractivity contribution in [3.8, 4) is 0 Å². The number of hydrogen-bond donors (Lipinski definition) is 1. The Kier molecular flexibility index (Phi) is 4.31. The zero-order valence-electron chi connectivity index (χ0n) is 10.8. The summed E-state index contributed by atoms with van der Waals surface area (Å²) in [5, 5.41) is 8.82. The molecule has 2 rings (SSSR count). The third-order valence-corrected chi connectivity index (χ3v) is 3.21. The highest BCUT2D eigenvalue weighted by Gasteiger charge is 2.24. The molecule has 0 atom stereocenters. The number of pyridine rings is 1. The van der Waals surface area contributed by atoms with Gasteiger partial charge in [-0.15, -0.1) is 0 Å². The number of carbonyl (C=O) groups is 1. The van der Waals surface area contributed by atoms with Crippen LogP contribution in [0.4, 0.5) is 0 Å². The van der Waals surface area contributed by atoms with Crippen LogP contribution < -0.4 is 0 Å². The third kappa shape index (κ3) is 3.81. The monoisotopic (exact) mass is 248 g/mol. The first-order valence-electron chi connectivity index (χ1n) is 6.59. The highest BCUT2D eigenvalue weighted by Crippen LogP contribution is 2.30. The number of carboxylic acid groups (broad SMARTS) is 1. The fraction of sp³-hybridized carbons (Fsp3) is 0.571. The van der Waals surface area contributed by atoms with E-state index in [1.807, 2.05) is 6.07 Å². The largest absolute Gasteiger partial charge is 0.478 e. The Morgan fingerprint density at radius 2 is 2.28 bits per heavy atom. The van der Waals surface area contributed by atoms with Crippen molar-refractivity contribution in [2.45, 2.75) is 32.7 Å². The van der Waals surface area contributed by atoms with Crippen LogP contribution in [-0.2, 0) is 6.54 Å². The zero-order chi connectivity index (χ0) is 13.0. The molecule has 0 spiro atoms. The van der Waals surface area contributed by atoms with Gasteiger partial charge in [-0.05, 0) is 43.9 Å². The van der Waals surface area contributed by atoms with Crippen LogP contribution in [0.3, 0.4) is 0 Å². The smallest absolute Gasteiger partial charge is 0.337 e. The number of rotatable bonds is 7. The minimum absolute atomic E-state index is 0.253. The first-order chi connectivity index (χ1) is 8.69. The Balaban J connectivity index is 1.94. The van der Waals surface area contributed by atoms with Crippen LogP contribution in [0, 0.1) is 5.92 Å². The summed E-state index contributed by atoms with van der Waals surface area (Å²) < 4.78 is 0. The normalized spacial score (nSPS) is 15.0. The second-order valence-electron chi connectivity index (χ2n) is 5.02. The van der Waals surface area contributed by atoms with Crippen LogP contribution in [0.15, 0.2) is 18.3 Å². The highest BCUT2D eigenvalue weighted by molar-refractivity contribution is 5.87. The molecule has 1 aliphatic carbocycles. The van der Waals surface area contributed by atoms with Gasteiger partial charge in [0.25, 0.3) is 0 Å². The molecule has 0 amide bonds. The molecular weight excluding hydrogens is 228 g/mol. The Morgan fingerprint density at radius 3 is 2.78 bits per heavy atom. The van der Waals surface area contributed by atoms with Crippen molar-refractivity contribution in [2.24, 2.45) is 5.92 Å². The number of aromatic nitrogens is 1. The molecule has 4 nitrogen and oxygen atoms in total. The van der Waals surface area contributed by atoms with Crippen LogP contribution in [0.25, 0.3) is 0 Å². The van der Waals surface area contributed by atoms with Gasteiger partial charge in [0.2, 0.25) is 0 Å². The lowest BCUT2D eigenvalue weighted by Crippen LogP contribution is -2.26. The molecule has 0 radical (unpaired) electrons. The molecule has 4 heteroatoms. The summed E-state index contributed by atoms with van der Waals surface area (Å²) in [7, 11) is 0. The van der Waals surface area contributed by atoms with Crippen molar-refractivity contribution in [1.29, 1.82) is 0 Å². The van der Waals surface area contributed by atoms with Crippen LogP contribution in [-0.4, -0.2) is 34.0 Å². The topological polar surface area (TPSA) is 53.4 Å². The molecule has 0 aromatic carbocycles. The average Bonchev–Trinajstić information content (AvgIpc) is 3.14. The number of carboxylic acids is 1. The van der Waals surface area contributed by atoms with E-state index in [2.05, 4.69) is 16.8 Å². The van der Waals surface area contributed by atoms with Gasteiger partial charge in [-0.25, -0.2) is 4.79 Å². The molecule has 1 aromatic rings. The lowest BCUT2D eigenvalue weighted by molar-refractivity contribution is 0.0696. The zero-order valence-corrected chi connectivity index (χ0v) is 10.8. The van der Waals surface area contributed by atoms with Crippen molar-refractivity contribution in [3.63, 3.8) is 0 Å². The Morgan fingerprint density at radius 1 is 1.50 bits per heavy atom. The van der Waals surface area contributed by atoms with Gasteiger partial charge in [0.1, 0.15) is 0 Å². The standard InChI is InChI=1S/C14H20N2O2/c1-2-7-16(9-11-3-4-11)10-13-6-5-12(8-15-13)14(17)18/h5-6,8,11H,2-4,7,9-10H2,1H3,(H,17,18). The van der Waals surface area contributed by atoms with Crippen LogP contribution in [0.5, 0.6) is 0 Å². The Hall–Kier alpha value is -1.42. The van der Waals surface area contributed by atoms with Gasteiger partial charge in [-0.3, -0.25) is 9.88 Å². The molecule has 1 heterocycles. The minimum Gasteiger partial charge on any atom is -0.478 e. The SMILES string of the molecule is CCCN(Cc1ccc(C(=O)O)cn1)CC1CC1. The Labute approximate surface area is 108 Å². The second kappa shape index (κ2) is 5.96. The molecular formula is C14H20N2O2. The van der Waals surface area contributed by atoms with Gasteiger partial charge in [-0.1, -0.05) is 6.92 Å². The maximum Gasteiger partial charge on any atom is 0.337 e. The maximum atomic E-state index is 10.7. The summed E-state index contributed by atoms with van der Waals surface area (Å²) in [5.41, 5.74) is 1.21. The number of hydrogen-bond acceptors (Lipinski definition) is 3. The summed E-state index contributed by atoms with van der Waals surface area (Å²) in [4.78, 5) is 17.4. The van der Waals surface area contributed by atoms with Crippen LogP contribution >= 0.6 is 0 Å². The molecule has 98 valence electrons. The van der Waals surface area contributed by atoms with E-state index in [9.17, 15) is 4.79 Å². The van der Waals surface area contributed by atoms with E-state index in [-0.39, 0.29) is 5.56 Å². The molecule has 0 saturated heterocycles. The predicted octanol–water partition coefficient (Wildman–Crippen LogP) is 2.40. The third-order valence-electron chi connectivity index (χ3n) is 3.21. The van der Waals surface area contributed by atoms with Crippen molar-refractivity contribution >= 4 is 5.97 Å². The lowest BCUT2D eigenvalue weighted by atomic mass is 10.2. The summed E-state index contributed by atoms with van der Waals surface area (Å²) in [6.45, 7) is 5.24. The molecule has 18 heavy (non-hydrogen) atoms. The van der Waals surface area contributed by atoms with Crippen LogP contribution in [0.2, 0.25) is 0 Å². The predicted molar refractivity (Wildman–Crippen MR) is 69.5 cm³/mol. The number of aromatic carboxylic acids is 1. The summed E-state index contributed by atoms with van der Waals surface area (Å²) in [6.07, 6.45) is 5.29. The van der Waals surface area contributed by atoms with Crippen molar-refractivity contribution in [1.82, 2.24) is 9.88 Å². The van der Waals surface area contributed by atoms with Crippen molar-refractivity contribution in [3.05, 3.63) is 29.6 Å². The van der Waals surface area contributed by atoms with Crippen LogP contribution in [0.1, 0.15) is 42.2 Å². The fourth-order valence-corrected chi connectivity index (χ4v) is 2.09. The molecule has 1 aromatic heterocycles. The Bertz CT molecular complexity index is 399. The van der Waals surface area contributed by atoms with Gasteiger partial charge in [0, 0.05) is 19.3 Å². The van der Waals surface area contributed by atoms with E-state index in [1.54, 1.807) is 6.07 Å². The van der Waals surface area contributed by atoms with Gasteiger partial charge in [0.15, 0.2) is 0 Å². The van der Waals surface area contributed by atoms with Gasteiger partial charge in [-0.2, -0.15) is 0 Å². The fourth-order valence-electron chi connectivity index (χ4n) is 2.09. The lowest BCUT2D eigenvalue weighted by Gasteiger charge is -2.20. The molecule has 0 aliphatic heterocycles. The maximum absolute atomic E-state index is 10.7. The first-order valence-corrected chi connectivity index (χ1v) is 6.59. The molecule has 1 saturated carbocycles. The van der Waals surface area contributed by atoms with Crippen molar-refractivity contribution < 1.29 is 9.90 Å². The minimum atomic E-state index is -0.919. The van der Waals surface area contributed by atoms with E-state index < -0.39 is 5.97 Å². The first kappa shape index (κ1) is 13.0. The van der Waals surface area contributed by atoms with Gasteiger partial charge < -0.3 is 5.11 Å². The van der Waals surface area contributed by atoms with E-state index in [1.165, 1.54) is 19.0 Å².